The fourth-order valence-electron chi connectivity index (χ4n) is 7.33. The number of carbonyl (C=O) groups is 4. The SMILES string of the molecule is CC1=CC(=O)C2=C(C1=O)C(c1cccc(O)c1)C1=CCC3C(=O)N(c4ccc(N5CCOCC5)cc4)C(=O)C3C1C2. The molecule has 0 radical (unpaired) electrons. The zero-order valence-corrected chi connectivity index (χ0v) is 22.7. The molecule has 0 spiro atoms. The van der Waals surface area contributed by atoms with E-state index in [4.69, 9.17) is 4.74 Å². The van der Waals surface area contributed by atoms with Gasteiger partial charge in [0.2, 0.25) is 11.8 Å². The van der Waals surface area contributed by atoms with Gasteiger partial charge in [-0.15, -0.1) is 0 Å². The van der Waals surface area contributed by atoms with Crippen molar-refractivity contribution in [2.24, 2.45) is 17.8 Å². The second-order valence-electron chi connectivity index (χ2n) is 11.5. The first-order chi connectivity index (χ1) is 19.8. The van der Waals surface area contributed by atoms with Crippen LogP contribution in [0.3, 0.4) is 0 Å². The monoisotopic (exact) mass is 550 g/mol. The molecule has 1 N–H and O–H groups in total. The highest BCUT2D eigenvalue weighted by Gasteiger charge is 2.56. The lowest BCUT2D eigenvalue weighted by Gasteiger charge is -2.42. The third kappa shape index (κ3) is 4.00. The van der Waals surface area contributed by atoms with Crippen molar-refractivity contribution in [3.63, 3.8) is 0 Å². The minimum atomic E-state index is -0.634. The summed E-state index contributed by atoms with van der Waals surface area (Å²) in [5.41, 5.74) is 4.33. The Balaban J connectivity index is 1.26. The van der Waals surface area contributed by atoms with Gasteiger partial charge in [0.05, 0.1) is 30.7 Å². The Hall–Kier alpha value is -4.30. The van der Waals surface area contributed by atoms with Gasteiger partial charge in [-0.25, -0.2) is 0 Å². The molecule has 208 valence electrons. The number of carbonyl (C=O) groups excluding carboxylic acids is 4. The molecular weight excluding hydrogens is 520 g/mol. The normalized spacial score (nSPS) is 27.8. The Morgan fingerprint density at radius 3 is 2.37 bits per heavy atom. The van der Waals surface area contributed by atoms with Crippen molar-refractivity contribution < 1.29 is 29.0 Å². The third-order valence-corrected chi connectivity index (χ3v) is 9.25. The van der Waals surface area contributed by atoms with Crippen LogP contribution in [0.1, 0.15) is 31.2 Å². The molecule has 4 atom stereocenters. The van der Waals surface area contributed by atoms with Crippen molar-refractivity contribution in [1.29, 1.82) is 0 Å². The second kappa shape index (κ2) is 9.66. The average molecular weight is 551 g/mol. The van der Waals surface area contributed by atoms with Gasteiger partial charge in [0, 0.05) is 41.4 Å². The molecule has 2 heterocycles. The topological polar surface area (TPSA) is 104 Å². The molecule has 2 aliphatic heterocycles. The van der Waals surface area contributed by atoms with Gasteiger partial charge in [0.25, 0.3) is 0 Å². The van der Waals surface area contributed by atoms with Crippen LogP contribution in [0.25, 0.3) is 0 Å². The number of ether oxygens (including phenoxy) is 1. The van der Waals surface area contributed by atoms with Crippen LogP contribution < -0.4 is 9.80 Å². The molecule has 3 aliphatic carbocycles. The number of allylic oxidation sites excluding steroid dienone is 6. The summed E-state index contributed by atoms with van der Waals surface area (Å²) >= 11 is 0. The van der Waals surface area contributed by atoms with Gasteiger partial charge in [-0.3, -0.25) is 24.1 Å². The lowest BCUT2D eigenvalue weighted by atomic mass is 9.59. The molecule has 8 nitrogen and oxygen atoms in total. The molecule has 0 aromatic heterocycles. The number of hydrogen-bond donors (Lipinski definition) is 1. The maximum absolute atomic E-state index is 14.1. The molecule has 2 aromatic carbocycles. The van der Waals surface area contributed by atoms with E-state index in [1.165, 1.54) is 11.0 Å². The number of fused-ring (bicyclic) bond motifs is 3. The molecule has 0 saturated carbocycles. The van der Waals surface area contributed by atoms with Crippen LogP contribution in [0.5, 0.6) is 5.75 Å². The predicted octanol–water partition coefficient (Wildman–Crippen LogP) is 3.86. The number of rotatable bonds is 3. The van der Waals surface area contributed by atoms with Gasteiger partial charge < -0.3 is 14.7 Å². The van der Waals surface area contributed by atoms with Crippen molar-refractivity contribution in [3.05, 3.63) is 88.5 Å². The molecule has 0 bridgehead atoms. The fourth-order valence-corrected chi connectivity index (χ4v) is 7.33. The quantitative estimate of drug-likeness (QED) is 0.352. The summed E-state index contributed by atoms with van der Waals surface area (Å²) in [4.78, 5) is 58.0. The van der Waals surface area contributed by atoms with Gasteiger partial charge in [0.15, 0.2) is 11.6 Å². The highest BCUT2D eigenvalue weighted by molar-refractivity contribution is 6.25. The van der Waals surface area contributed by atoms with Crippen LogP contribution in [0.15, 0.2) is 83.0 Å². The van der Waals surface area contributed by atoms with Gasteiger partial charge in [-0.05, 0) is 73.7 Å². The Labute approximate surface area is 237 Å². The van der Waals surface area contributed by atoms with Crippen LogP contribution in [0.2, 0.25) is 0 Å². The van der Waals surface area contributed by atoms with E-state index in [9.17, 15) is 24.3 Å². The van der Waals surface area contributed by atoms with Crippen molar-refractivity contribution >= 4 is 34.8 Å². The number of hydrogen-bond acceptors (Lipinski definition) is 7. The first kappa shape index (κ1) is 25.7. The molecular formula is C33H30N2O6. The van der Waals surface area contributed by atoms with Crippen LogP contribution in [-0.4, -0.2) is 54.8 Å². The Morgan fingerprint density at radius 2 is 1.63 bits per heavy atom. The van der Waals surface area contributed by atoms with Crippen molar-refractivity contribution in [3.8, 4) is 5.75 Å². The largest absolute Gasteiger partial charge is 0.508 e. The predicted molar refractivity (Wildman–Crippen MR) is 151 cm³/mol. The van der Waals surface area contributed by atoms with Crippen LogP contribution in [0, 0.1) is 17.8 Å². The van der Waals surface area contributed by atoms with E-state index in [2.05, 4.69) is 4.90 Å². The number of morpholine rings is 1. The van der Waals surface area contributed by atoms with E-state index >= 15 is 0 Å². The number of aromatic hydroxyl groups is 1. The van der Waals surface area contributed by atoms with Gasteiger partial charge in [0.1, 0.15) is 5.75 Å². The van der Waals surface area contributed by atoms with Gasteiger partial charge in [-0.1, -0.05) is 23.8 Å². The van der Waals surface area contributed by atoms with Crippen molar-refractivity contribution in [2.75, 3.05) is 36.1 Å². The molecule has 7 rings (SSSR count). The van der Waals surface area contributed by atoms with Crippen LogP contribution >= 0.6 is 0 Å². The van der Waals surface area contributed by atoms with E-state index in [1.54, 1.807) is 25.1 Å². The van der Waals surface area contributed by atoms with Crippen molar-refractivity contribution in [1.82, 2.24) is 0 Å². The number of nitrogens with zero attached hydrogens (tertiary/aromatic N) is 2. The molecule has 5 aliphatic rings. The molecule has 2 fully saturated rings. The summed E-state index contributed by atoms with van der Waals surface area (Å²) in [5, 5.41) is 10.3. The standard InChI is InChI=1S/C33H30N2O6/c1-18-15-27(37)26-17-25-23(28(30(26)31(18)38)19-3-2-4-22(36)16-19)9-10-24-29(25)33(40)35(32(24)39)21-7-5-20(6-8-21)34-11-13-41-14-12-34/h2-9,15-16,24-25,28-29,36H,10-14,17H2,1H3. The zero-order valence-electron chi connectivity index (χ0n) is 22.7. The summed E-state index contributed by atoms with van der Waals surface area (Å²) < 4.78 is 5.44. The summed E-state index contributed by atoms with van der Waals surface area (Å²) in [5.74, 6) is -3.00. The summed E-state index contributed by atoms with van der Waals surface area (Å²) in [6, 6.07) is 14.2. The lowest BCUT2D eigenvalue weighted by Crippen LogP contribution is -2.39. The van der Waals surface area contributed by atoms with E-state index < -0.39 is 23.7 Å². The van der Waals surface area contributed by atoms with E-state index in [-0.39, 0.29) is 35.6 Å². The first-order valence-corrected chi connectivity index (χ1v) is 14.1. The summed E-state index contributed by atoms with van der Waals surface area (Å²) in [7, 11) is 0. The van der Waals surface area contributed by atoms with E-state index in [0.29, 0.717) is 47.6 Å². The highest BCUT2D eigenvalue weighted by Crippen LogP contribution is 2.55. The smallest absolute Gasteiger partial charge is 0.238 e. The van der Waals surface area contributed by atoms with Gasteiger partial charge >= 0.3 is 0 Å². The second-order valence-corrected chi connectivity index (χ2v) is 11.5. The molecule has 2 aromatic rings. The maximum Gasteiger partial charge on any atom is 0.238 e. The number of ketones is 2. The summed E-state index contributed by atoms with van der Waals surface area (Å²) in [6.45, 7) is 4.54. The van der Waals surface area contributed by atoms with E-state index in [1.807, 2.05) is 36.4 Å². The Morgan fingerprint density at radius 1 is 0.902 bits per heavy atom. The number of Topliss-reactive ketones (excluding diaryl/α,β-unsaturated/α-hetero) is 1. The molecule has 2 saturated heterocycles. The highest BCUT2D eigenvalue weighted by atomic mass is 16.5. The van der Waals surface area contributed by atoms with E-state index in [0.717, 1.165) is 24.4 Å². The zero-order chi connectivity index (χ0) is 28.4. The lowest BCUT2D eigenvalue weighted by molar-refractivity contribution is -0.123. The number of benzene rings is 2. The minimum absolute atomic E-state index is 0.0572. The van der Waals surface area contributed by atoms with Crippen LogP contribution in [0.4, 0.5) is 11.4 Å². The fraction of sp³-hybridized carbons (Fsp3) is 0.333. The number of amides is 2. The van der Waals surface area contributed by atoms with Crippen LogP contribution in [-0.2, 0) is 23.9 Å². The minimum Gasteiger partial charge on any atom is -0.508 e. The van der Waals surface area contributed by atoms with Gasteiger partial charge in [-0.2, -0.15) is 0 Å². The molecule has 41 heavy (non-hydrogen) atoms. The van der Waals surface area contributed by atoms with Crippen molar-refractivity contribution in [2.45, 2.75) is 25.7 Å². The number of phenols is 1. The number of phenolic OH excluding ortho intramolecular Hbond substituents is 1. The Bertz CT molecular complexity index is 1590. The Kier molecular flexibility index (Phi) is 6.05. The average Bonchev–Trinajstić information content (AvgIpc) is 3.25. The third-order valence-electron chi connectivity index (χ3n) is 9.25. The maximum atomic E-state index is 14.1. The first-order valence-electron chi connectivity index (χ1n) is 14.1. The molecule has 8 heteroatoms. The number of imide groups is 1. The summed E-state index contributed by atoms with van der Waals surface area (Å²) in [6.07, 6.45) is 3.97. The number of anilines is 2. The molecule has 4 unspecified atom stereocenters. The molecule has 2 amide bonds.